The van der Waals surface area contributed by atoms with E-state index >= 15 is 0 Å². The Balaban J connectivity index is 2.47. The van der Waals surface area contributed by atoms with Gasteiger partial charge < -0.3 is 9.47 Å². The molecule has 0 heterocycles. The smallest absolute Gasteiger partial charge is 0.323 e. The molecule has 0 bridgehead atoms. The molecule has 2 rings (SSSR count). The fourth-order valence-corrected chi connectivity index (χ4v) is 2.64. The van der Waals surface area contributed by atoms with Gasteiger partial charge in [-0.25, -0.2) is 0 Å². The molecule has 0 aliphatic rings. The van der Waals surface area contributed by atoms with Gasteiger partial charge in [0.15, 0.2) is 5.41 Å². The number of carbonyl (C=O) groups is 2. The largest absolute Gasteiger partial charge is 0.468 e. The summed E-state index contributed by atoms with van der Waals surface area (Å²) in [5.41, 5.74) is 1.56. The minimum Gasteiger partial charge on any atom is -0.468 e. The van der Waals surface area contributed by atoms with E-state index in [1.165, 1.54) is 21.1 Å². The molecule has 0 saturated heterocycles. The van der Waals surface area contributed by atoms with E-state index in [0.717, 1.165) is 16.7 Å². The standard InChI is InChI=1S/C21H22O4/c1-21(19(22)24-2,20(23)25-3)15-14-18(16-10-6-4-7-11-16)17-12-8-5-9-13-17/h4-14H,15H2,1-3H3. The highest BCUT2D eigenvalue weighted by atomic mass is 16.5. The predicted octanol–water partition coefficient (Wildman–Crippen LogP) is 3.86. The summed E-state index contributed by atoms with van der Waals surface area (Å²) in [6.45, 7) is 1.54. The van der Waals surface area contributed by atoms with Crippen molar-refractivity contribution >= 4 is 17.5 Å². The van der Waals surface area contributed by atoms with E-state index in [-0.39, 0.29) is 6.42 Å². The lowest BCUT2D eigenvalue weighted by molar-refractivity contribution is -0.167. The van der Waals surface area contributed by atoms with Gasteiger partial charge in [-0.2, -0.15) is 0 Å². The molecule has 0 unspecified atom stereocenters. The molecule has 0 amide bonds. The zero-order valence-corrected chi connectivity index (χ0v) is 14.7. The highest BCUT2D eigenvalue weighted by Crippen LogP contribution is 2.30. The van der Waals surface area contributed by atoms with Gasteiger partial charge in [0.1, 0.15) is 0 Å². The first kappa shape index (κ1) is 18.5. The summed E-state index contributed by atoms with van der Waals surface area (Å²) in [7, 11) is 2.53. The van der Waals surface area contributed by atoms with Gasteiger partial charge in [-0.05, 0) is 30.0 Å². The van der Waals surface area contributed by atoms with Crippen molar-refractivity contribution in [1.29, 1.82) is 0 Å². The van der Waals surface area contributed by atoms with E-state index in [1.54, 1.807) is 0 Å². The van der Waals surface area contributed by atoms with E-state index in [0.29, 0.717) is 0 Å². The maximum Gasteiger partial charge on any atom is 0.323 e. The van der Waals surface area contributed by atoms with Crippen LogP contribution in [-0.2, 0) is 19.1 Å². The second-order valence-corrected chi connectivity index (χ2v) is 5.87. The Kier molecular flexibility index (Phi) is 6.12. The summed E-state index contributed by atoms with van der Waals surface area (Å²) in [5, 5.41) is 0. The number of hydrogen-bond donors (Lipinski definition) is 0. The van der Waals surface area contributed by atoms with E-state index in [4.69, 9.17) is 9.47 Å². The molecule has 0 saturated carbocycles. The summed E-state index contributed by atoms with van der Waals surface area (Å²) >= 11 is 0. The summed E-state index contributed by atoms with van der Waals surface area (Å²) in [5.74, 6) is -1.23. The van der Waals surface area contributed by atoms with Gasteiger partial charge in [-0.15, -0.1) is 0 Å². The van der Waals surface area contributed by atoms with E-state index in [9.17, 15) is 9.59 Å². The maximum atomic E-state index is 12.2. The van der Waals surface area contributed by atoms with E-state index in [1.807, 2.05) is 66.7 Å². The molecule has 2 aromatic rings. The quantitative estimate of drug-likeness (QED) is 0.593. The number of benzene rings is 2. The minimum absolute atomic E-state index is 0.172. The topological polar surface area (TPSA) is 52.6 Å². The van der Waals surface area contributed by atoms with E-state index in [2.05, 4.69) is 0 Å². The molecular formula is C21H22O4. The van der Waals surface area contributed by atoms with Crippen molar-refractivity contribution in [3.63, 3.8) is 0 Å². The normalized spacial score (nSPS) is 10.7. The molecule has 2 aromatic carbocycles. The molecular weight excluding hydrogens is 316 g/mol. The van der Waals surface area contributed by atoms with Crippen LogP contribution >= 0.6 is 0 Å². The highest BCUT2D eigenvalue weighted by molar-refractivity contribution is 6.00. The molecule has 130 valence electrons. The van der Waals surface area contributed by atoms with Gasteiger partial charge in [0, 0.05) is 0 Å². The third-order valence-electron chi connectivity index (χ3n) is 4.16. The summed E-state index contributed by atoms with van der Waals surface area (Å²) in [6.07, 6.45) is 2.06. The predicted molar refractivity (Wildman–Crippen MR) is 96.7 cm³/mol. The molecule has 25 heavy (non-hydrogen) atoms. The molecule has 0 fully saturated rings. The molecule has 4 nitrogen and oxygen atoms in total. The summed E-state index contributed by atoms with van der Waals surface area (Å²) in [4.78, 5) is 24.3. The molecule has 0 atom stereocenters. The Labute approximate surface area is 148 Å². The Morgan fingerprint density at radius 3 is 1.60 bits per heavy atom. The molecule has 4 heteroatoms. The first-order valence-electron chi connectivity index (χ1n) is 8.00. The summed E-state index contributed by atoms with van der Waals surface area (Å²) < 4.78 is 9.63. The van der Waals surface area contributed by atoms with Crippen LogP contribution in [0.4, 0.5) is 0 Å². The molecule has 0 spiro atoms. The van der Waals surface area contributed by atoms with Crippen LogP contribution in [0, 0.1) is 5.41 Å². The second-order valence-electron chi connectivity index (χ2n) is 5.87. The van der Waals surface area contributed by atoms with Crippen LogP contribution in [0.3, 0.4) is 0 Å². The molecule has 0 aliphatic heterocycles. The SMILES string of the molecule is COC(=O)C(C)(CC=C(c1ccccc1)c1ccccc1)C(=O)OC. The Bertz CT molecular complexity index is 690. The zero-order chi connectivity index (χ0) is 18.3. The van der Waals surface area contributed by atoms with Crippen LogP contribution in [0.2, 0.25) is 0 Å². The van der Waals surface area contributed by atoms with Gasteiger partial charge in [0.25, 0.3) is 0 Å². The fraction of sp³-hybridized carbons (Fsp3) is 0.238. The van der Waals surface area contributed by atoms with Crippen LogP contribution in [0.1, 0.15) is 24.5 Å². The van der Waals surface area contributed by atoms with Crippen molar-refractivity contribution in [2.75, 3.05) is 14.2 Å². The van der Waals surface area contributed by atoms with Crippen molar-refractivity contribution in [1.82, 2.24) is 0 Å². The molecule has 0 aromatic heterocycles. The van der Waals surface area contributed by atoms with Crippen molar-refractivity contribution in [3.05, 3.63) is 77.9 Å². The number of methoxy groups -OCH3 is 2. The molecule has 0 N–H and O–H groups in total. The van der Waals surface area contributed by atoms with Crippen molar-refractivity contribution < 1.29 is 19.1 Å². The lowest BCUT2D eigenvalue weighted by atomic mass is 9.84. The lowest BCUT2D eigenvalue weighted by Gasteiger charge is -2.22. The van der Waals surface area contributed by atoms with Gasteiger partial charge in [-0.1, -0.05) is 66.7 Å². The average molecular weight is 338 g/mol. The number of esters is 2. The first-order chi connectivity index (χ1) is 12.0. The summed E-state index contributed by atoms with van der Waals surface area (Å²) in [6, 6.07) is 19.7. The van der Waals surface area contributed by atoms with Crippen LogP contribution in [0.5, 0.6) is 0 Å². The first-order valence-corrected chi connectivity index (χ1v) is 8.00. The third kappa shape index (κ3) is 4.15. The van der Waals surface area contributed by atoms with Crippen LogP contribution in [0.25, 0.3) is 5.57 Å². The fourth-order valence-electron chi connectivity index (χ4n) is 2.64. The van der Waals surface area contributed by atoms with E-state index < -0.39 is 17.4 Å². The molecule has 0 aliphatic carbocycles. The Morgan fingerprint density at radius 2 is 1.24 bits per heavy atom. The van der Waals surface area contributed by atoms with Crippen LogP contribution in [0.15, 0.2) is 66.7 Å². The minimum atomic E-state index is -1.39. The second kappa shape index (κ2) is 8.29. The number of hydrogen-bond acceptors (Lipinski definition) is 4. The van der Waals surface area contributed by atoms with Crippen molar-refractivity contribution in [2.24, 2.45) is 5.41 Å². The Morgan fingerprint density at radius 1 is 0.840 bits per heavy atom. The van der Waals surface area contributed by atoms with Crippen molar-refractivity contribution in [2.45, 2.75) is 13.3 Å². The van der Waals surface area contributed by atoms with Gasteiger partial charge in [0.2, 0.25) is 0 Å². The number of allylic oxidation sites excluding steroid dienone is 1. The monoisotopic (exact) mass is 338 g/mol. The van der Waals surface area contributed by atoms with Gasteiger partial charge >= 0.3 is 11.9 Å². The highest BCUT2D eigenvalue weighted by Gasteiger charge is 2.42. The average Bonchev–Trinajstić information content (AvgIpc) is 2.68. The van der Waals surface area contributed by atoms with Crippen LogP contribution < -0.4 is 0 Å². The molecule has 0 radical (unpaired) electrons. The maximum absolute atomic E-state index is 12.2. The third-order valence-corrected chi connectivity index (χ3v) is 4.16. The number of ether oxygens (including phenoxy) is 2. The van der Waals surface area contributed by atoms with Crippen LogP contribution in [-0.4, -0.2) is 26.2 Å². The van der Waals surface area contributed by atoms with Crippen molar-refractivity contribution in [3.8, 4) is 0 Å². The number of carbonyl (C=O) groups excluding carboxylic acids is 2. The number of rotatable bonds is 6. The Hall–Kier alpha value is -2.88. The van der Waals surface area contributed by atoms with Gasteiger partial charge in [0.05, 0.1) is 14.2 Å². The van der Waals surface area contributed by atoms with Gasteiger partial charge in [-0.3, -0.25) is 9.59 Å². The zero-order valence-electron chi connectivity index (χ0n) is 14.7. The lowest BCUT2D eigenvalue weighted by Crippen LogP contribution is -2.38.